The largest absolute Gasteiger partial charge is 0.396 e. The Balaban J connectivity index is 1.66. The van der Waals surface area contributed by atoms with E-state index in [1.165, 1.54) is 6.07 Å². The molecule has 0 saturated carbocycles. The van der Waals surface area contributed by atoms with Gasteiger partial charge < -0.3 is 15.3 Å². The van der Waals surface area contributed by atoms with Crippen molar-refractivity contribution in [3.05, 3.63) is 35.1 Å². The molecule has 2 aliphatic rings. The first-order valence-corrected chi connectivity index (χ1v) is 7.12. The molecule has 1 aromatic rings. The first kappa shape index (κ1) is 13.4. The fraction of sp³-hybridized carbons (Fsp3) is 0.533. The molecule has 0 aromatic heterocycles. The van der Waals surface area contributed by atoms with Crippen LogP contribution in [-0.2, 0) is 6.42 Å². The van der Waals surface area contributed by atoms with Crippen LogP contribution in [0.4, 0.5) is 9.18 Å². The van der Waals surface area contributed by atoms with E-state index in [1.807, 2.05) is 6.07 Å². The predicted octanol–water partition coefficient (Wildman–Crippen LogP) is 1.84. The van der Waals surface area contributed by atoms with Crippen molar-refractivity contribution in [2.24, 2.45) is 5.92 Å². The summed E-state index contributed by atoms with van der Waals surface area (Å²) in [6.07, 6.45) is 2.27. The molecular weight excluding hydrogens is 259 g/mol. The smallest absolute Gasteiger partial charge is 0.317 e. The second kappa shape index (κ2) is 5.40. The normalized spacial score (nSPS) is 24.8. The summed E-state index contributed by atoms with van der Waals surface area (Å²) >= 11 is 0. The number of aliphatic hydroxyl groups is 1. The van der Waals surface area contributed by atoms with Crippen molar-refractivity contribution in [2.75, 3.05) is 19.7 Å². The fourth-order valence-corrected chi connectivity index (χ4v) is 3.17. The van der Waals surface area contributed by atoms with Gasteiger partial charge in [-0.15, -0.1) is 0 Å². The van der Waals surface area contributed by atoms with E-state index in [1.54, 1.807) is 11.0 Å². The molecule has 1 saturated heterocycles. The van der Waals surface area contributed by atoms with E-state index in [2.05, 4.69) is 5.32 Å². The summed E-state index contributed by atoms with van der Waals surface area (Å²) in [4.78, 5) is 13.9. The highest BCUT2D eigenvalue weighted by Crippen LogP contribution is 2.32. The molecule has 20 heavy (non-hydrogen) atoms. The third kappa shape index (κ3) is 2.38. The lowest BCUT2D eigenvalue weighted by Gasteiger charge is -2.21. The van der Waals surface area contributed by atoms with Crippen LogP contribution in [0.5, 0.6) is 0 Å². The number of rotatable bonds is 2. The molecular formula is C15H19FN2O2. The molecule has 1 aliphatic heterocycles. The Morgan fingerprint density at radius 2 is 2.30 bits per heavy atom. The molecule has 1 fully saturated rings. The zero-order chi connectivity index (χ0) is 14.1. The zero-order valence-corrected chi connectivity index (χ0v) is 11.3. The number of carbonyl (C=O) groups is 1. The second-order valence-corrected chi connectivity index (χ2v) is 5.63. The van der Waals surface area contributed by atoms with Gasteiger partial charge in [0.25, 0.3) is 0 Å². The Bertz CT molecular complexity index is 521. The highest BCUT2D eigenvalue weighted by atomic mass is 19.1. The minimum Gasteiger partial charge on any atom is -0.396 e. The van der Waals surface area contributed by atoms with E-state index in [-0.39, 0.29) is 30.4 Å². The quantitative estimate of drug-likeness (QED) is 0.867. The topological polar surface area (TPSA) is 52.6 Å². The molecule has 0 spiro atoms. The maximum absolute atomic E-state index is 13.6. The maximum atomic E-state index is 13.6. The zero-order valence-electron chi connectivity index (χ0n) is 11.3. The fourth-order valence-electron chi connectivity index (χ4n) is 3.17. The lowest BCUT2D eigenvalue weighted by atomic mass is 10.1. The van der Waals surface area contributed by atoms with Gasteiger partial charge in [-0.2, -0.15) is 0 Å². The number of aliphatic hydroxyl groups excluding tert-OH is 1. The van der Waals surface area contributed by atoms with Crippen molar-refractivity contribution >= 4 is 6.03 Å². The van der Waals surface area contributed by atoms with Gasteiger partial charge >= 0.3 is 6.03 Å². The van der Waals surface area contributed by atoms with Crippen molar-refractivity contribution in [3.8, 4) is 0 Å². The highest BCUT2D eigenvalue weighted by molar-refractivity contribution is 5.75. The third-order valence-electron chi connectivity index (χ3n) is 4.34. The van der Waals surface area contributed by atoms with Gasteiger partial charge in [0.15, 0.2) is 0 Å². The van der Waals surface area contributed by atoms with Crippen molar-refractivity contribution in [1.82, 2.24) is 10.2 Å². The molecule has 2 N–H and O–H groups in total. The molecule has 2 atom stereocenters. The van der Waals surface area contributed by atoms with Gasteiger partial charge in [-0.1, -0.05) is 12.1 Å². The lowest BCUT2D eigenvalue weighted by molar-refractivity contribution is 0.195. The first-order valence-electron chi connectivity index (χ1n) is 7.12. The molecule has 4 nitrogen and oxygen atoms in total. The average Bonchev–Trinajstić information content (AvgIpc) is 3.07. The summed E-state index contributed by atoms with van der Waals surface area (Å²) in [5.41, 5.74) is 1.63. The number of halogens is 1. The van der Waals surface area contributed by atoms with Gasteiger partial charge in [-0.25, -0.2) is 9.18 Å². The van der Waals surface area contributed by atoms with Gasteiger partial charge in [-0.3, -0.25) is 0 Å². The summed E-state index contributed by atoms with van der Waals surface area (Å²) in [6, 6.07) is 4.84. The lowest BCUT2D eigenvalue weighted by Crippen LogP contribution is -2.40. The molecule has 3 rings (SSSR count). The number of likely N-dealkylation sites (tertiary alicyclic amines) is 1. The Labute approximate surface area is 117 Å². The van der Waals surface area contributed by atoms with Crippen LogP contribution < -0.4 is 5.32 Å². The van der Waals surface area contributed by atoms with Crippen molar-refractivity contribution in [1.29, 1.82) is 0 Å². The minimum absolute atomic E-state index is 0.0959. The van der Waals surface area contributed by atoms with Gasteiger partial charge in [0.2, 0.25) is 0 Å². The van der Waals surface area contributed by atoms with Crippen molar-refractivity contribution in [2.45, 2.75) is 25.3 Å². The minimum atomic E-state index is -0.180. The summed E-state index contributed by atoms with van der Waals surface area (Å²) in [5.74, 6) is 0.00910. The molecule has 0 radical (unpaired) electrons. The Morgan fingerprint density at radius 3 is 3.05 bits per heavy atom. The number of nitrogens with zero attached hydrogens (tertiary/aromatic N) is 1. The summed E-state index contributed by atoms with van der Waals surface area (Å²) in [5, 5.41) is 12.1. The molecule has 108 valence electrons. The molecule has 2 amide bonds. The Hall–Kier alpha value is -1.62. The van der Waals surface area contributed by atoms with Crippen LogP contribution in [0.15, 0.2) is 18.2 Å². The average molecular weight is 278 g/mol. The number of nitrogens with one attached hydrogen (secondary N) is 1. The number of amides is 2. The second-order valence-electron chi connectivity index (χ2n) is 5.63. The monoisotopic (exact) mass is 278 g/mol. The van der Waals surface area contributed by atoms with Crippen LogP contribution >= 0.6 is 0 Å². The van der Waals surface area contributed by atoms with Crippen LogP contribution in [0.25, 0.3) is 0 Å². The number of benzene rings is 1. The van der Waals surface area contributed by atoms with E-state index < -0.39 is 0 Å². The Kier molecular flexibility index (Phi) is 3.61. The van der Waals surface area contributed by atoms with Crippen LogP contribution in [0.2, 0.25) is 0 Å². The number of carbonyl (C=O) groups excluding carboxylic acids is 1. The number of hydrogen-bond acceptors (Lipinski definition) is 2. The van der Waals surface area contributed by atoms with Gasteiger partial charge in [-0.05, 0) is 36.5 Å². The SMILES string of the molecule is O=C(NC1CCc2c(F)cccc21)N1CCC(CO)C1. The third-order valence-corrected chi connectivity index (χ3v) is 4.34. The summed E-state index contributed by atoms with van der Waals surface area (Å²) < 4.78 is 13.6. The van der Waals surface area contributed by atoms with E-state index in [0.717, 1.165) is 24.0 Å². The van der Waals surface area contributed by atoms with E-state index in [4.69, 9.17) is 5.11 Å². The van der Waals surface area contributed by atoms with E-state index >= 15 is 0 Å². The Morgan fingerprint density at radius 1 is 1.45 bits per heavy atom. The molecule has 0 bridgehead atoms. The summed E-state index contributed by atoms with van der Waals surface area (Å²) in [6.45, 7) is 1.41. The number of hydrogen-bond donors (Lipinski definition) is 2. The predicted molar refractivity (Wildman–Crippen MR) is 72.8 cm³/mol. The van der Waals surface area contributed by atoms with Crippen LogP contribution in [0, 0.1) is 11.7 Å². The van der Waals surface area contributed by atoms with Crippen LogP contribution in [0.3, 0.4) is 0 Å². The van der Waals surface area contributed by atoms with Gasteiger partial charge in [0.05, 0.1) is 6.04 Å². The highest BCUT2D eigenvalue weighted by Gasteiger charge is 2.30. The maximum Gasteiger partial charge on any atom is 0.317 e. The standard InChI is InChI=1S/C15H19FN2O2/c16-13-3-1-2-12-11(13)4-5-14(12)17-15(20)18-7-6-10(8-18)9-19/h1-3,10,14,19H,4-9H2,(H,17,20). The molecule has 2 unspecified atom stereocenters. The molecule has 1 heterocycles. The molecule has 1 aliphatic carbocycles. The van der Waals surface area contributed by atoms with E-state index in [0.29, 0.717) is 19.5 Å². The first-order chi connectivity index (χ1) is 9.69. The molecule has 5 heteroatoms. The molecule has 1 aromatic carbocycles. The van der Waals surface area contributed by atoms with Crippen LogP contribution in [-0.4, -0.2) is 35.7 Å². The van der Waals surface area contributed by atoms with Crippen molar-refractivity contribution < 1.29 is 14.3 Å². The number of urea groups is 1. The summed E-state index contributed by atoms with van der Waals surface area (Å²) in [7, 11) is 0. The van der Waals surface area contributed by atoms with E-state index in [9.17, 15) is 9.18 Å². The number of fused-ring (bicyclic) bond motifs is 1. The van der Waals surface area contributed by atoms with Gasteiger partial charge in [0.1, 0.15) is 5.82 Å². The van der Waals surface area contributed by atoms with Crippen LogP contribution in [0.1, 0.15) is 30.0 Å². The van der Waals surface area contributed by atoms with Gasteiger partial charge in [0, 0.05) is 25.6 Å². The van der Waals surface area contributed by atoms with Crippen molar-refractivity contribution in [3.63, 3.8) is 0 Å².